The highest BCUT2D eigenvalue weighted by Gasteiger charge is 2.34. The minimum Gasteiger partial charge on any atom is -0.490 e. The van der Waals surface area contributed by atoms with Crippen LogP contribution >= 0.6 is 0 Å². The molecular weight excluding hydrogens is 388 g/mol. The van der Waals surface area contributed by atoms with Gasteiger partial charge in [0.2, 0.25) is 5.91 Å². The lowest BCUT2D eigenvalue weighted by Gasteiger charge is -2.33. The molecule has 1 fully saturated rings. The summed E-state index contributed by atoms with van der Waals surface area (Å²) in [6.07, 6.45) is 0.970. The van der Waals surface area contributed by atoms with Crippen LogP contribution in [-0.2, 0) is 14.6 Å². The summed E-state index contributed by atoms with van der Waals surface area (Å²) in [4.78, 5) is 14.1. The van der Waals surface area contributed by atoms with Crippen molar-refractivity contribution in [3.8, 4) is 5.75 Å². The zero-order chi connectivity index (χ0) is 20.3. The number of benzene rings is 2. The zero-order valence-electron chi connectivity index (χ0n) is 15.3. The Balaban J connectivity index is 1.59. The zero-order valence-corrected chi connectivity index (χ0v) is 16.2. The van der Waals surface area contributed by atoms with Crippen molar-refractivity contribution in [2.24, 2.45) is 0 Å². The van der Waals surface area contributed by atoms with Gasteiger partial charge in [0.1, 0.15) is 28.7 Å². The number of hydrogen-bond acceptors (Lipinski definition) is 4. The second-order valence-electron chi connectivity index (χ2n) is 6.74. The van der Waals surface area contributed by atoms with Gasteiger partial charge in [0.15, 0.2) is 9.84 Å². The standard InChI is InChI=1S/C20H21F2NO4S/c1-14(28(25,26)19-8-4-16(22)5-9-19)20(24)23-12-10-18(11-13-23)27-17-6-2-15(21)3-7-17/h2-9,14,18H,10-13H2,1H3. The van der Waals surface area contributed by atoms with Crippen LogP contribution < -0.4 is 4.74 Å². The lowest BCUT2D eigenvalue weighted by molar-refractivity contribution is -0.132. The number of carbonyl (C=O) groups is 1. The summed E-state index contributed by atoms with van der Waals surface area (Å²) in [6.45, 7) is 2.09. The molecule has 8 heteroatoms. The number of halogens is 2. The topological polar surface area (TPSA) is 63.7 Å². The van der Waals surface area contributed by atoms with Crippen molar-refractivity contribution in [2.75, 3.05) is 13.1 Å². The van der Waals surface area contributed by atoms with E-state index in [9.17, 15) is 22.0 Å². The summed E-state index contributed by atoms with van der Waals surface area (Å²) in [7, 11) is -3.90. The van der Waals surface area contributed by atoms with E-state index in [0.29, 0.717) is 31.7 Å². The number of carbonyl (C=O) groups excluding carboxylic acids is 1. The van der Waals surface area contributed by atoms with Gasteiger partial charge < -0.3 is 9.64 Å². The molecule has 0 saturated carbocycles. The van der Waals surface area contributed by atoms with Crippen LogP contribution in [0.3, 0.4) is 0 Å². The molecule has 5 nitrogen and oxygen atoms in total. The van der Waals surface area contributed by atoms with Gasteiger partial charge in [-0.1, -0.05) is 0 Å². The van der Waals surface area contributed by atoms with E-state index in [1.165, 1.54) is 24.0 Å². The maximum atomic E-state index is 13.0. The van der Waals surface area contributed by atoms with Crippen molar-refractivity contribution in [1.29, 1.82) is 0 Å². The van der Waals surface area contributed by atoms with Gasteiger partial charge in [-0.3, -0.25) is 4.79 Å². The van der Waals surface area contributed by atoms with Crippen molar-refractivity contribution < 1.29 is 26.7 Å². The number of nitrogens with zero attached hydrogens (tertiary/aromatic N) is 1. The smallest absolute Gasteiger partial charge is 0.241 e. The maximum absolute atomic E-state index is 13.0. The highest BCUT2D eigenvalue weighted by atomic mass is 32.2. The molecule has 1 unspecified atom stereocenters. The molecule has 1 saturated heterocycles. The first-order valence-corrected chi connectivity index (χ1v) is 10.5. The Hall–Kier alpha value is -2.48. The van der Waals surface area contributed by atoms with Gasteiger partial charge in [0.05, 0.1) is 4.90 Å². The molecule has 0 radical (unpaired) electrons. The summed E-state index contributed by atoms with van der Waals surface area (Å²) in [5.41, 5.74) is 0. The molecule has 0 N–H and O–H groups in total. The molecule has 0 bridgehead atoms. The number of amides is 1. The molecule has 0 spiro atoms. The Bertz CT molecular complexity index is 922. The summed E-state index contributed by atoms with van der Waals surface area (Å²) in [5, 5.41) is -1.26. The normalized spacial score (nSPS) is 16.6. The number of hydrogen-bond donors (Lipinski definition) is 0. The van der Waals surface area contributed by atoms with Crippen molar-refractivity contribution in [3.63, 3.8) is 0 Å². The van der Waals surface area contributed by atoms with E-state index in [1.54, 1.807) is 12.1 Å². The third kappa shape index (κ3) is 4.49. The predicted octanol–water partition coefficient (Wildman–Crippen LogP) is 3.20. The molecule has 1 heterocycles. The number of rotatable bonds is 5. The van der Waals surface area contributed by atoms with Crippen LogP contribution in [0.25, 0.3) is 0 Å². The third-order valence-electron chi connectivity index (χ3n) is 4.83. The minimum atomic E-state index is -3.90. The largest absolute Gasteiger partial charge is 0.490 e. The van der Waals surface area contributed by atoms with Gasteiger partial charge in [-0.05, 0) is 55.5 Å². The number of likely N-dealkylation sites (tertiary alicyclic amines) is 1. The average molecular weight is 409 g/mol. The average Bonchev–Trinajstić information content (AvgIpc) is 2.69. The fourth-order valence-corrected chi connectivity index (χ4v) is 4.46. The highest BCUT2D eigenvalue weighted by molar-refractivity contribution is 7.92. The van der Waals surface area contributed by atoms with Crippen LogP contribution in [0.15, 0.2) is 53.4 Å². The first-order chi connectivity index (χ1) is 13.3. The fourth-order valence-electron chi connectivity index (χ4n) is 3.12. The van der Waals surface area contributed by atoms with Crippen LogP contribution in [0.2, 0.25) is 0 Å². The van der Waals surface area contributed by atoms with Gasteiger partial charge in [0.25, 0.3) is 0 Å². The second-order valence-corrected chi connectivity index (χ2v) is 9.01. The van der Waals surface area contributed by atoms with Gasteiger partial charge in [-0.2, -0.15) is 0 Å². The van der Waals surface area contributed by atoms with Crippen molar-refractivity contribution in [2.45, 2.75) is 36.0 Å². The number of piperidine rings is 1. The maximum Gasteiger partial charge on any atom is 0.241 e. The lowest BCUT2D eigenvalue weighted by Crippen LogP contribution is -2.47. The molecule has 3 rings (SSSR count). The van der Waals surface area contributed by atoms with Crippen LogP contribution in [0.1, 0.15) is 19.8 Å². The van der Waals surface area contributed by atoms with E-state index in [2.05, 4.69) is 0 Å². The van der Waals surface area contributed by atoms with E-state index >= 15 is 0 Å². The Morgan fingerprint density at radius 1 is 1.00 bits per heavy atom. The van der Waals surface area contributed by atoms with E-state index in [4.69, 9.17) is 4.74 Å². The number of ether oxygens (including phenoxy) is 1. The number of sulfone groups is 1. The quantitative estimate of drug-likeness (QED) is 0.712. The summed E-state index contributed by atoms with van der Waals surface area (Å²) >= 11 is 0. The van der Waals surface area contributed by atoms with Crippen molar-refractivity contribution >= 4 is 15.7 Å². The third-order valence-corrected chi connectivity index (χ3v) is 6.89. The molecule has 0 aromatic heterocycles. The predicted molar refractivity (Wildman–Crippen MR) is 99.7 cm³/mol. The highest BCUT2D eigenvalue weighted by Crippen LogP contribution is 2.22. The molecule has 1 atom stereocenters. The van der Waals surface area contributed by atoms with Gasteiger partial charge in [-0.25, -0.2) is 17.2 Å². The van der Waals surface area contributed by atoms with Crippen LogP contribution in [-0.4, -0.2) is 43.7 Å². The molecule has 2 aromatic rings. The summed E-state index contributed by atoms with van der Waals surface area (Å²) < 4.78 is 57.0. The Kier molecular flexibility index (Phi) is 5.98. The Labute approximate surface area is 162 Å². The Morgan fingerprint density at radius 3 is 2.04 bits per heavy atom. The van der Waals surface area contributed by atoms with Crippen molar-refractivity contribution in [3.05, 3.63) is 60.2 Å². The molecule has 2 aromatic carbocycles. The van der Waals surface area contributed by atoms with Crippen molar-refractivity contribution in [1.82, 2.24) is 4.90 Å². The Morgan fingerprint density at radius 2 is 1.50 bits per heavy atom. The van der Waals surface area contributed by atoms with E-state index in [0.717, 1.165) is 24.3 Å². The van der Waals surface area contributed by atoms with Crippen LogP contribution in [0.4, 0.5) is 8.78 Å². The molecule has 28 heavy (non-hydrogen) atoms. The lowest BCUT2D eigenvalue weighted by atomic mass is 10.1. The SMILES string of the molecule is CC(C(=O)N1CCC(Oc2ccc(F)cc2)CC1)S(=O)(=O)c1ccc(F)cc1. The first-order valence-electron chi connectivity index (χ1n) is 8.98. The van der Waals surface area contributed by atoms with E-state index in [1.807, 2.05) is 0 Å². The molecule has 1 aliphatic heterocycles. The first kappa shape index (κ1) is 20.3. The molecule has 0 aliphatic carbocycles. The second kappa shape index (κ2) is 8.26. The molecular formula is C20H21F2NO4S. The monoisotopic (exact) mass is 409 g/mol. The van der Waals surface area contributed by atoms with E-state index < -0.39 is 26.8 Å². The van der Waals surface area contributed by atoms with Gasteiger partial charge in [-0.15, -0.1) is 0 Å². The van der Waals surface area contributed by atoms with Gasteiger partial charge in [0, 0.05) is 25.9 Å². The van der Waals surface area contributed by atoms with Gasteiger partial charge >= 0.3 is 0 Å². The minimum absolute atomic E-state index is 0.0794. The van der Waals surface area contributed by atoms with E-state index in [-0.39, 0.29) is 16.8 Å². The summed E-state index contributed by atoms with van der Waals surface area (Å²) in [6, 6.07) is 10.2. The summed E-state index contributed by atoms with van der Waals surface area (Å²) in [5.74, 6) is -0.812. The molecule has 1 aliphatic rings. The van der Waals surface area contributed by atoms with Crippen LogP contribution in [0, 0.1) is 11.6 Å². The fraction of sp³-hybridized carbons (Fsp3) is 0.350. The molecule has 1 amide bonds. The molecule has 150 valence electrons. The van der Waals surface area contributed by atoms with Crippen LogP contribution in [0.5, 0.6) is 5.75 Å².